The first-order valence-electron chi connectivity index (χ1n) is 11.9. The number of hydrogen-bond acceptors (Lipinski definition) is 7. The second-order valence-electron chi connectivity index (χ2n) is 8.65. The number of thiazole rings is 1. The molecule has 2 amide bonds. The highest BCUT2D eigenvalue weighted by Crippen LogP contribution is 2.28. The van der Waals surface area contributed by atoms with E-state index in [0.717, 1.165) is 11.3 Å². The largest absolute Gasteiger partial charge is 0.342 e. The number of hydrogen-bond donors (Lipinski definition) is 2. The molecule has 38 heavy (non-hydrogen) atoms. The molecular formula is C26H26Cl2N6O2S2. The molecule has 4 rings (SSSR count). The van der Waals surface area contributed by atoms with Gasteiger partial charge in [0, 0.05) is 22.5 Å². The summed E-state index contributed by atoms with van der Waals surface area (Å²) in [6.45, 7) is 6.51. The number of nitrogens with zero attached hydrogens (tertiary/aromatic N) is 4. The van der Waals surface area contributed by atoms with Crippen LogP contribution < -0.4 is 10.6 Å². The van der Waals surface area contributed by atoms with Gasteiger partial charge in [-0.1, -0.05) is 79.1 Å². The number of aromatic nitrogens is 4. The summed E-state index contributed by atoms with van der Waals surface area (Å²) in [4.78, 5) is 30.1. The number of thioether (sulfide) groups is 1. The zero-order chi connectivity index (χ0) is 27.2. The van der Waals surface area contributed by atoms with Crippen LogP contribution in [0, 0.1) is 5.92 Å². The van der Waals surface area contributed by atoms with Gasteiger partial charge in [0.1, 0.15) is 0 Å². The molecule has 0 unspecified atom stereocenters. The lowest BCUT2D eigenvalue weighted by Crippen LogP contribution is -2.34. The zero-order valence-corrected chi connectivity index (χ0v) is 24.1. The summed E-state index contributed by atoms with van der Waals surface area (Å²) in [7, 11) is 0. The molecule has 2 heterocycles. The van der Waals surface area contributed by atoms with Crippen LogP contribution in [0.3, 0.4) is 0 Å². The maximum atomic E-state index is 13.0. The van der Waals surface area contributed by atoms with Crippen LogP contribution in [0.15, 0.2) is 59.1 Å². The molecule has 4 aromatic rings. The summed E-state index contributed by atoms with van der Waals surface area (Å²) in [5, 5.41) is 18.3. The predicted molar refractivity (Wildman–Crippen MR) is 154 cm³/mol. The average Bonchev–Trinajstić information content (AvgIpc) is 3.53. The topological polar surface area (TPSA) is 102 Å². The first kappa shape index (κ1) is 28.1. The fraction of sp³-hybridized carbons (Fsp3) is 0.269. The summed E-state index contributed by atoms with van der Waals surface area (Å²) >= 11 is 14.9. The van der Waals surface area contributed by atoms with Crippen LogP contribution in [-0.2, 0) is 11.3 Å². The highest BCUT2D eigenvalue weighted by Gasteiger charge is 2.27. The molecule has 8 nitrogen and oxygen atoms in total. The third kappa shape index (κ3) is 6.74. The molecule has 2 aromatic heterocycles. The van der Waals surface area contributed by atoms with E-state index < -0.39 is 6.04 Å². The Morgan fingerprint density at radius 1 is 1.11 bits per heavy atom. The van der Waals surface area contributed by atoms with Gasteiger partial charge in [0.2, 0.25) is 5.91 Å². The molecule has 1 atom stereocenters. The number of nitrogens with one attached hydrogen (secondary N) is 2. The normalized spacial score (nSPS) is 11.9. The fourth-order valence-corrected chi connectivity index (χ4v) is 5.75. The second-order valence-corrected chi connectivity index (χ2v) is 11.3. The molecule has 0 aliphatic carbocycles. The van der Waals surface area contributed by atoms with Crippen LogP contribution in [-0.4, -0.2) is 37.3 Å². The number of rotatable bonds is 10. The Morgan fingerprint density at radius 3 is 2.55 bits per heavy atom. The van der Waals surface area contributed by atoms with Crippen molar-refractivity contribution >= 4 is 63.2 Å². The summed E-state index contributed by atoms with van der Waals surface area (Å²) in [5.41, 5.74) is 2.14. The third-order valence-corrected chi connectivity index (χ3v) is 7.89. The SMILES string of the molecule is CCn1c(SCC(=O)Nc2nc(-c3ccccc3)cs2)nnc1[C@H](NC(=O)c1ccc(Cl)cc1Cl)C(C)C. The summed E-state index contributed by atoms with van der Waals surface area (Å²) < 4.78 is 1.91. The molecule has 0 saturated heterocycles. The van der Waals surface area contributed by atoms with Crippen LogP contribution >= 0.6 is 46.3 Å². The average molecular weight is 590 g/mol. The number of carbonyl (C=O) groups is 2. The van der Waals surface area contributed by atoms with E-state index in [1.54, 1.807) is 12.1 Å². The molecule has 12 heteroatoms. The van der Waals surface area contributed by atoms with Gasteiger partial charge in [-0.2, -0.15) is 0 Å². The Hall–Kier alpha value is -2.92. The molecule has 0 bridgehead atoms. The van der Waals surface area contributed by atoms with Gasteiger partial charge in [-0.3, -0.25) is 9.59 Å². The van der Waals surface area contributed by atoms with Gasteiger partial charge < -0.3 is 15.2 Å². The van der Waals surface area contributed by atoms with Gasteiger partial charge in [-0.25, -0.2) is 4.98 Å². The fourth-order valence-electron chi connectivity index (χ4n) is 3.71. The lowest BCUT2D eigenvalue weighted by molar-refractivity contribution is -0.113. The van der Waals surface area contributed by atoms with E-state index in [1.165, 1.54) is 29.2 Å². The Labute approximate surface area is 239 Å². The maximum absolute atomic E-state index is 13.0. The molecule has 198 valence electrons. The highest BCUT2D eigenvalue weighted by atomic mass is 35.5. The molecule has 0 saturated carbocycles. The molecule has 0 fully saturated rings. The Kier molecular flexibility index (Phi) is 9.43. The van der Waals surface area contributed by atoms with E-state index in [9.17, 15) is 9.59 Å². The number of anilines is 1. The van der Waals surface area contributed by atoms with Crippen molar-refractivity contribution in [3.05, 3.63) is 75.3 Å². The quantitative estimate of drug-likeness (QED) is 0.203. The minimum atomic E-state index is -0.420. The van der Waals surface area contributed by atoms with Crippen molar-refractivity contribution in [2.24, 2.45) is 5.92 Å². The van der Waals surface area contributed by atoms with Crippen molar-refractivity contribution in [1.82, 2.24) is 25.1 Å². The first-order chi connectivity index (χ1) is 18.3. The van der Waals surface area contributed by atoms with E-state index in [2.05, 4.69) is 25.8 Å². The highest BCUT2D eigenvalue weighted by molar-refractivity contribution is 7.99. The minimum absolute atomic E-state index is 0.0180. The monoisotopic (exact) mass is 588 g/mol. The Morgan fingerprint density at radius 2 is 1.87 bits per heavy atom. The van der Waals surface area contributed by atoms with Gasteiger partial charge in [-0.05, 0) is 31.0 Å². The van der Waals surface area contributed by atoms with Crippen molar-refractivity contribution < 1.29 is 9.59 Å². The van der Waals surface area contributed by atoms with Gasteiger partial charge in [0.15, 0.2) is 16.1 Å². The second kappa shape index (κ2) is 12.8. The van der Waals surface area contributed by atoms with Gasteiger partial charge in [-0.15, -0.1) is 21.5 Å². The van der Waals surface area contributed by atoms with Crippen LogP contribution in [0.1, 0.15) is 43.0 Å². The van der Waals surface area contributed by atoms with Crippen LogP contribution in [0.25, 0.3) is 11.3 Å². The van der Waals surface area contributed by atoms with E-state index in [4.69, 9.17) is 23.2 Å². The van der Waals surface area contributed by atoms with Crippen molar-refractivity contribution in [1.29, 1.82) is 0 Å². The summed E-state index contributed by atoms with van der Waals surface area (Å²) in [6.07, 6.45) is 0. The van der Waals surface area contributed by atoms with Crippen molar-refractivity contribution in [3.8, 4) is 11.3 Å². The Balaban J connectivity index is 1.42. The van der Waals surface area contributed by atoms with Crippen LogP contribution in [0.4, 0.5) is 5.13 Å². The Bertz CT molecular complexity index is 1420. The van der Waals surface area contributed by atoms with Crippen molar-refractivity contribution in [2.75, 3.05) is 11.1 Å². The maximum Gasteiger partial charge on any atom is 0.253 e. The molecule has 0 aliphatic heterocycles. The van der Waals surface area contributed by atoms with E-state index in [1.807, 2.05) is 61.1 Å². The number of amides is 2. The minimum Gasteiger partial charge on any atom is -0.342 e. The number of benzene rings is 2. The van der Waals surface area contributed by atoms with Gasteiger partial charge in [0.05, 0.1) is 28.1 Å². The van der Waals surface area contributed by atoms with Crippen LogP contribution in [0.2, 0.25) is 10.0 Å². The number of halogens is 2. The third-order valence-electron chi connectivity index (χ3n) is 5.62. The van der Waals surface area contributed by atoms with Crippen LogP contribution in [0.5, 0.6) is 0 Å². The number of carbonyl (C=O) groups excluding carboxylic acids is 2. The van der Waals surface area contributed by atoms with E-state index in [0.29, 0.717) is 33.2 Å². The lowest BCUT2D eigenvalue weighted by atomic mass is 10.0. The molecule has 0 spiro atoms. The summed E-state index contributed by atoms with van der Waals surface area (Å²) in [5.74, 6) is 0.239. The van der Waals surface area contributed by atoms with Gasteiger partial charge >= 0.3 is 0 Å². The smallest absolute Gasteiger partial charge is 0.253 e. The molecule has 0 aliphatic rings. The van der Waals surface area contributed by atoms with Crippen molar-refractivity contribution in [3.63, 3.8) is 0 Å². The van der Waals surface area contributed by atoms with Gasteiger partial charge in [0.25, 0.3) is 5.91 Å². The van der Waals surface area contributed by atoms with E-state index in [-0.39, 0.29) is 28.5 Å². The van der Waals surface area contributed by atoms with E-state index >= 15 is 0 Å². The summed E-state index contributed by atoms with van der Waals surface area (Å²) in [6, 6.07) is 14.1. The zero-order valence-electron chi connectivity index (χ0n) is 20.9. The molecule has 2 aromatic carbocycles. The molecular weight excluding hydrogens is 563 g/mol. The van der Waals surface area contributed by atoms with Crippen molar-refractivity contribution in [2.45, 2.75) is 38.5 Å². The molecule has 0 radical (unpaired) electrons. The standard InChI is InChI=1S/C26H26Cl2N6O2S2/c1-4-34-23(22(15(2)3)31-24(36)18-11-10-17(27)12-19(18)28)32-33-26(34)38-14-21(35)30-25-29-20(13-37-25)16-8-6-5-7-9-16/h5-13,15,22H,4,14H2,1-3H3,(H,31,36)(H,29,30,35)/t22-/m1/s1. The first-order valence-corrected chi connectivity index (χ1v) is 14.5. The molecule has 2 N–H and O–H groups in total. The predicted octanol–water partition coefficient (Wildman–Crippen LogP) is 6.59. The lowest BCUT2D eigenvalue weighted by Gasteiger charge is -2.22.